The lowest BCUT2D eigenvalue weighted by Crippen LogP contribution is -2.49. The number of nitrogens with zero attached hydrogens (tertiary/aromatic N) is 3. The maximum atomic E-state index is 12.5. The molecule has 8 nitrogen and oxygen atoms in total. The second-order valence-electron chi connectivity index (χ2n) is 8.59. The first-order valence-electron chi connectivity index (χ1n) is 11.4. The minimum Gasteiger partial charge on any atom is -0.445 e. The van der Waals surface area contributed by atoms with Gasteiger partial charge in [-0.3, -0.25) is 15.0 Å². The van der Waals surface area contributed by atoms with E-state index in [1.165, 1.54) is 0 Å². The minimum absolute atomic E-state index is 0.193. The highest BCUT2D eigenvalue weighted by Crippen LogP contribution is 2.36. The molecule has 2 saturated heterocycles. The number of fused-ring (bicyclic) bond motifs is 1. The molecule has 3 heterocycles. The van der Waals surface area contributed by atoms with Crippen LogP contribution in [0.5, 0.6) is 0 Å². The van der Waals surface area contributed by atoms with E-state index in [0.717, 1.165) is 29.3 Å². The Morgan fingerprint density at radius 1 is 1.06 bits per heavy atom. The molecule has 176 valence electrons. The molecule has 2 aliphatic rings. The molecule has 2 aromatic carbocycles. The van der Waals surface area contributed by atoms with Crippen molar-refractivity contribution in [1.29, 1.82) is 0 Å². The van der Waals surface area contributed by atoms with Crippen molar-refractivity contribution in [3.63, 3.8) is 0 Å². The molecule has 3 aromatic rings. The smallest absolute Gasteiger partial charge is 0.410 e. The van der Waals surface area contributed by atoms with Crippen molar-refractivity contribution in [2.75, 3.05) is 24.5 Å². The number of carbonyl (C=O) groups excluding carboxylic acids is 3. The second-order valence-corrected chi connectivity index (χ2v) is 9.03. The van der Waals surface area contributed by atoms with Crippen LogP contribution in [0.2, 0.25) is 5.02 Å². The first kappa shape index (κ1) is 22.3. The Kier molecular flexibility index (Phi) is 6.15. The second kappa shape index (κ2) is 9.38. The van der Waals surface area contributed by atoms with Crippen LogP contribution < -0.4 is 10.2 Å². The molecule has 9 heteroatoms. The summed E-state index contributed by atoms with van der Waals surface area (Å²) < 4.78 is 7.65. The summed E-state index contributed by atoms with van der Waals surface area (Å²) in [6, 6.07) is 15.0. The van der Waals surface area contributed by atoms with E-state index < -0.39 is 6.03 Å². The number of hydrogen-bond acceptors (Lipinski definition) is 4. The van der Waals surface area contributed by atoms with Gasteiger partial charge in [0.15, 0.2) is 0 Å². The summed E-state index contributed by atoms with van der Waals surface area (Å²) in [4.78, 5) is 39.8. The average molecular weight is 481 g/mol. The van der Waals surface area contributed by atoms with Gasteiger partial charge in [0.2, 0.25) is 5.91 Å². The van der Waals surface area contributed by atoms with Crippen molar-refractivity contribution in [2.45, 2.75) is 31.9 Å². The highest BCUT2D eigenvalue weighted by atomic mass is 35.5. The van der Waals surface area contributed by atoms with Crippen LogP contribution in [0.3, 0.4) is 0 Å². The summed E-state index contributed by atoms with van der Waals surface area (Å²) in [5.74, 6) is -0.272. The van der Waals surface area contributed by atoms with Crippen molar-refractivity contribution < 1.29 is 19.1 Å². The predicted molar refractivity (Wildman–Crippen MR) is 129 cm³/mol. The molecule has 0 unspecified atom stereocenters. The highest BCUT2D eigenvalue weighted by molar-refractivity contribution is 6.32. The number of halogens is 1. The Bertz CT molecular complexity index is 1230. The molecule has 0 radical (unpaired) electrons. The zero-order chi connectivity index (χ0) is 23.7. The normalized spacial score (nSPS) is 17.2. The summed E-state index contributed by atoms with van der Waals surface area (Å²) in [6.07, 6.45) is 3.52. The van der Waals surface area contributed by atoms with Crippen molar-refractivity contribution in [2.24, 2.45) is 0 Å². The summed E-state index contributed by atoms with van der Waals surface area (Å²) in [6.45, 7) is 1.78. The molecule has 0 spiro atoms. The monoisotopic (exact) mass is 480 g/mol. The molecule has 5 rings (SSSR count). The molecule has 0 atom stereocenters. The van der Waals surface area contributed by atoms with E-state index >= 15 is 0 Å². The third-order valence-corrected chi connectivity index (χ3v) is 6.67. The molecule has 0 saturated carbocycles. The van der Waals surface area contributed by atoms with Crippen LogP contribution in [0.1, 0.15) is 30.9 Å². The molecular formula is C25H25ClN4O4. The number of imide groups is 1. The SMILES string of the molecule is O=C1CCN(c2cc(Cl)cc3c2ccn3C2CCN(C(=O)OCc3ccccc3)CC2)C(=O)N1. The number of aromatic nitrogens is 1. The van der Waals surface area contributed by atoms with Crippen molar-refractivity contribution >= 4 is 46.2 Å². The van der Waals surface area contributed by atoms with E-state index in [1.807, 2.05) is 48.7 Å². The molecule has 2 fully saturated rings. The lowest BCUT2D eigenvalue weighted by atomic mass is 10.0. The van der Waals surface area contributed by atoms with E-state index in [2.05, 4.69) is 9.88 Å². The number of carbonyl (C=O) groups is 3. The third kappa shape index (κ3) is 4.46. The number of nitrogens with one attached hydrogen (secondary N) is 1. The van der Waals surface area contributed by atoms with Gasteiger partial charge < -0.3 is 14.2 Å². The topological polar surface area (TPSA) is 83.9 Å². The molecule has 4 amide bonds. The third-order valence-electron chi connectivity index (χ3n) is 6.45. The highest BCUT2D eigenvalue weighted by Gasteiger charge is 2.29. The molecule has 0 aliphatic carbocycles. The molecule has 1 N–H and O–H groups in total. The zero-order valence-electron chi connectivity index (χ0n) is 18.6. The maximum absolute atomic E-state index is 12.5. The summed E-state index contributed by atoms with van der Waals surface area (Å²) in [5.41, 5.74) is 2.58. The van der Waals surface area contributed by atoms with Gasteiger partial charge in [-0.25, -0.2) is 9.59 Å². The molecular weight excluding hydrogens is 456 g/mol. The standard InChI is InChI=1S/C25H25ClN4O4/c26-18-14-21-20(22(15-18)30-13-9-23(31)27-24(30)32)8-12-29(21)19-6-10-28(11-7-19)25(33)34-16-17-4-2-1-3-5-17/h1-5,8,12,14-15,19H,6-7,9-11,13,16H2,(H,27,31,32). The fourth-order valence-corrected chi connectivity index (χ4v) is 4.89. The van der Waals surface area contributed by atoms with E-state index in [4.69, 9.17) is 16.3 Å². The van der Waals surface area contributed by atoms with Crippen LogP contribution >= 0.6 is 11.6 Å². The molecule has 2 aliphatic heterocycles. The van der Waals surface area contributed by atoms with Gasteiger partial charge in [-0.1, -0.05) is 41.9 Å². The Balaban J connectivity index is 1.28. The van der Waals surface area contributed by atoms with Crippen LogP contribution in [-0.4, -0.2) is 47.1 Å². The van der Waals surface area contributed by atoms with E-state index in [-0.39, 0.29) is 31.1 Å². The van der Waals surface area contributed by atoms with E-state index in [0.29, 0.717) is 30.3 Å². The first-order valence-corrected chi connectivity index (χ1v) is 11.7. The van der Waals surface area contributed by atoms with E-state index in [9.17, 15) is 14.4 Å². The van der Waals surface area contributed by atoms with Crippen molar-refractivity contribution in [3.8, 4) is 0 Å². The maximum Gasteiger partial charge on any atom is 0.410 e. The number of likely N-dealkylation sites (tertiary alicyclic amines) is 1. The van der Waals surface area contributed by atoms with Gasteiger partial charge >= 0.3 is 12.1 Å². The fraction of sp³-hybridized carbons (Fsp3) is 0.320. The lowest BCUT2D eigenvalue weighted by Gasteiger charge is -2.32. The number of anilines is 1. The minimum atomic E-state index is -0.435. The van der Waals surface area contributed by atoms with Crippen LogP contribution in [-0.2, 0) is 16.1 Å². The Hall–Kier alpha value is -3.52. The Morgan fingerprint density at radius 2 is 1.82 bits per heavy atom. The fourth-order valence-electron chi connectivity index (χ4n) is 4.68. The summed E-state index contributed by atoms with van der Waals surface area (Å²) in [7, 11) is 0. The van der Waals surface area contributed by atoms with Gasteiger partial charge in [0.25, 0.3) is 0 Å². The molecule has 1 aromatic heterocycles. The largest absolute Gasteiger partial charge is 0.445 e. The van der Waals surface area contributed by atoms with Gasteiger partial charge in [-0.05, 0) is 36.6 Å². The molecule has 34 heavy (non-hydrogen) atoms. The van der Waals surface area contributed by atoms with Crippen molar-refractivity contribution in [1.82, 2.24) is 14.8 Å². The Labute approximate surface area is 202 Å². The quantitative estimate of drug-likeness (QED) is 0.586. The number of rotatable bonds is 4. The van der Waals surface area contributed by atoms with Crippen molar-refractivity contribution in [3.05, 3.63) is 65.3 Å². The zero-order valence-corrected chi connectivity index (χ0v) is 19.3. The number of hydrogen-bond donors (Lipinski definition) is 1. The first-order chi connectivity index (χ1) is 16.5. The predicted octanol–water partition coefficient (Wildman–Crippen LogP) is 4.71. The number of ether oxygens (including phenoxy) is 1. The van der Waals surface area contributed by atoms with Gasteiger partial charge in [0.05, 0.1) is 11.2 Å². The van der Waals surface area contributed by atoms with Crippen LogP contribution in [0, 0.1) is 0 Å². The van der Waals surface area contributed by atoms with E-state index in [1.54, 1.807) is 15.9 Å². The Morgan fingerprint density at radius 3 is 2.56 bits per heavy atom. The summed E-state index contributed by atoms with van der Waals surface area (Å²) in [5, 5.41) is 3.79. The number of benzene rings is 2. The van der Waals surface area contributed by atoms with Gasteiger partial charge in [0, 0.05) is 48.7 Å². The number of amides is 4. The number of urea groups is 1. The summed E-state index contributed by atoms with van der Waals surface area (Å²) >= 11 is 6.43. The van der Waals surface area contributed by atoms with Crippen LogP contribution in [0.15, 0.2) is 54.7 Å². The van der Waals surface area contributed by atoms with Gasteiger partial charge in [-0.2, -0.15) is 0 Å². The van der Waals surface area contributed by atoms with Crippen LogP contribution in [0.25, 0.3) is 10.9 Å². The molecule has 0 bridgehead atoms. The number of piperidine rings is 1. The van der Waals surface area contributed by atoms with Crippen LogP contribution in [0.4, 0.5) is 15.3 Å². The lowest BCUT2D eigenvalue weighted by molar-refractivity contribution is -0.120. The van der Waals surface area contributed by atoms with Gasteiger partial charge in [0.1, 0.15) is 6.61 Å². The average Bonchev–Trinajstić information content (AvgIpc) is 3.27. The van der Waals surface area contributed by atoms with Gasteiger partial charge in [-0.15, -0.1) is 0 Å².